The van der Waals surface area contributed by atoms with Gasteiger partial charge in [0.2, 0.25) is 10.0 Å². The molecule has 0 aromatic heterocycles. The van der Waals surface area contributed by atoms with Gasteiger partial charge in [-0.1, -0.05) is 20.8 Å². The van der Waals surface area contributed by atoms with Crippen molar-refractivity contribution in [1.29, 1.82) is 0 Å². The average Bonchev–Trinajstić information content (AvgIpc) is 2.26. The molecule has 0 aliphatic rings. The predicted molar refractivity (Wildman–Crippen MR) is 75.0 cm³/mol. The van der Waals surface area contributed by atoms with E-state index in [9.17, 15) is 8.42 Å². The molecule has 5 nitrogen and oxygen atoms in total. The van der Waals surface area contributed by atoms with Gasteiger partial charge < -0.3 is 11.1 Å². The summed E-state index contributed by atoms with van der Waals surface area (Å²) in [7, 11) is -2.05. The quantitative estimate of drug-likeness (QED) is 0.727. The van der Waals surface area contributed by atoms with Crippen molar-refractivity contribution in [3.05, 3.63) is 18.2 Å². The summed E-state index contributed by atoms with van der Waals surface area (Å²) in [5.41, 5.74) is 7.09. The van der Waals surface area contributed by atoms with Crippen LogP contribution in [0.15, 0.2) is 23.1 Å². The standard InChI is InChI=1S/C12H21N3O2S/c1-12(2,3)8-15-11-7-9(5-6-10(11)13)18(16,17)14-4/h5-7,14-15H,8,13H2,1-4H3. The Kier molecular flexibility index (Phi) is 4.24. The topological polar surface area (TPSA) is 84.2 Å². The first-order valence-electron chi connectivity index (χ1n) is 5.73. The number of hydrogen-bond donors (Lipinski definition) is 3. The maximum absolute atomic E-state index is 11.7. The van der Waals surface area contributed by atoms with Crippen LogP contribution >= 0.6 is 0 Å². The molecule has 0 aliphatic heterocycles. The Morgan fingerprint density at radius 1 is 1.28 bits per heavy atom. The predicted octanol–water partition coefficient (Wildman–Crippen LogP) is 1.63. The number of nitrogens with two attached hydrogens (primary N) is 1. The SMILES string of the molecule is CNS(=O)(=O)c1ccc(N)c(NCC(C)(C)C)c1. The van der Waals surface area contributed by atoms with Gasteiger partial charge in [-0.15, -0.1) is 0 Å². The maximum atomic E-state index is 11.7. The van der Waals surface area contributed by atoms with E-state index in [2.05, 4.69) is 30.8 Å². The van der Waals surface area contributed by atoms with Crippen LogP contribution in [0, 0.1) is 5.41 Å². The van der Waals surface area contributed by atoms with Crippen molar-refractivity contribution in [3.63, 3.8) is 0 Å². The Hall–Kier alpha value is -1.27. The molecule has 0 saturated carbocycles. The van der Waals surface area contributed by atoms with Gasteiger partial charge in [-0.25, -0.2) is 13.1 Å². The zero-order chi connectivity index (χ0) is 14.0. The molecule has 0 amide bonds. The van der Waals surface area contributed by atoms with Crippen LogP contribution in [0.3, 0.4) is 0 Å². The first-order chi connectivity index (χ1) is 8.15. The molecule has 1 aromatic rings. The number of sulfonamides is 1. The molecule has 0 unspecified atom stereocenters. The molecular formula is C12H21N3O2S. The van der Waals surface area contributed by atoms with Crippen LogP contribution in [0.1, 0.15) is 20.8 Å². The van der Waals surface area contributed by atoms with E-state index >= 15 is 0 Å². The molecule has 102 valence electrons. The molecular weight excluding hydrogens is 250 g/mol. The van der Waals surface area contributed by atoms with E-state index in [1.165, 1.54) is 13.1 Å². The second kappa shape index (κ2) is 5.16. The summed E-state index contributed by atoms with van der Waals surface area (Å²) in [6.45, 7) is 6.97. The Labute approximate surface area is 109 Å². The first kappa shape index (κ1) is 14.8. The number of nitrogen functional groups attached to an aromatic ring is 1. The maximum Gasteiger partial charge on any atom is 0.240 e. The third kappa shape index (κ3) is 3.89. The highest BCUT2D eigenvalue weighted by Crippen LogP contribution is 2.24. The van der Waals surface area contributed by atoms with E-state index in [1.807, 2.05) is 0 Å². The zero-order valence-electron chi connectivity index (χ0n) is 11.2. The van der Waals surface area contributed by atoms with Crippen LogP contribution in [-0.2, 0) is 10.0 Å². The van der Waals surface area contributed by atoms with Crippen molar-refractivity contribution < 1.29 is 8.42 Å². The lowest BCUT2D eigenvalue weighted by Crippen LogP contribution is -2.21. The average molecular weight is 271 g/mol. The molecule has 0 radical (unpaired) electrons. The van der Waals surface area contributed by atoms with E-state index in [1.54, 1.807) is 12.1 Å². The van der Waals surface area contributed by atoms with Crippen LogP contribution in [-0.4, -0.2) is 22.0 Å². The van der Waals surface area contributed by atoms with Gasteiger partial charge in [-0.3, -0.25) is 0 Å². The first-order valence-corrected chi connectivity index (χ1v) is 7.21. The number of benzene rings is 1. The summed E-state index contributed by atoms with van der Waals surface area (Å²) in [6, 6.07) is 4.63. The molecule has 0 spiro atoms. The fraction of sp³-hybridized carbons (Fsp3) is 0.500. The summed E-state index contributed by atoms with van der Waals surface area (Å²) < 4.78 is 25.7. The van der Waals surface area contributed by atoms with E-state index in [0.29, 0.717) is 17.9 Å². The Bertz CT molecular complexity index is 519. The number of nitrogens with one attached hydrogen (secondary N) is 2. The van der Waals surface area contributed by atoms with Crippen LogP contribution < -0.4 is 15.8 Å². The molecule has 4 N–H and O–H groups in total. The van der Waals surface area contributed by atoms with Crippen LogP contribution in [0.5, 0.6) is 0 Å². The van der Waals surface area contributed by atoms with Gasteiger partial charge in [0.05, 0.1) is 16.3 Å². The van der Waals surface area contributed by atoms with Crippen molar-refractivity contribution in [2.24, 2.45) is 5.41 Å². The zero-order valence-corrected chi connectivity index (χ0v) is 12.1. The van der Waals surface area contributed by atoms with Gasteiger partial charge in [0.25, 0.3) is 0 Å². The van der Waals surface area contributed by atoms with E-state index in [4.69, 9.17) is 5.73 Å². The summed E-state index contributed by atoms with van der Waals surface area (Å²) in [6.07, 6.45) is 0. The van der Waals surface area contributed by atoms with Gasteiger partial charge in [0.1, 0.15) is 0 Å². The van der Waals surface area contributed by atoms with E-state index in [0.717, 1.165) is 0 Å². The number of rotatable bonds is 4. The van der Waals surface area contributed by atoms with E-state index < -0.39 is 10.0 Å². The molecule has 1 aromatic carbocycles. The fourth-order valence-electron chi connectivity index (χ4n) is 1.33. The fourth-order valence-corrected chi connectivity index (χ4v) is 2.09. The minimum atomic E-state index is -3.44. The van der Waals surface area contributed by atoms with Crippen molar-refractivity contribution in [2.45, 2.75) is 25.7 Å². The smallest absolute Gasteiger partial charge is 0.240 e. The summed E-state index contributed by atoms with van der Waals surface area (Å²) in [5, 5.41) is 3.17. The van der Waals surface area contributed by atoms with Gasteiger partial charge in [0, 0.05) is 6.54 Å². The number of anilines is 2. The third-order valence-electron chi connectivity index (χ3n) is 2.41. The second-order valence-corrected chi connectivity index (χ2v) is 7.26. The van der Waals surface area contributed by atoms with Crippen LogP contribution in [0.4, 0.5) is 11.4 Å². The second-order valence-electron chi connectivity index (χ2n) is 5.37. The minimum absolute atomic E-state index is 0.0876. The monoisotopic (exact) mass is 271 g/mol. The summed E-state index contributed by atoms with van der Waals surface area (Å²) >= 11 is 0. The molecule has 0 aliphatic carbocycles. The summed E-state index contributed by atoms with van der Waals surface area (Å²) in [5.74, 6) is 0. The number of hydrogen-bond acceptors (Lipinski definition) is 4. The molecule has 0 heterocycles. The highest BCUT2D eigenvalue weighted by Gasteiger charge is 2.15. The lowest BCUT2D eigenvalue weighted by Gasteiger charge is -2.20. The molecule has 0 bridgehead atoms. The highest BCUT2D eigenvalue weighted by molar-refractivity contribution is 7.89. The molecule has 1 rings (SSSR count). The highest BCUT2D eigenvalue weighted by atomic mass is 32.2. The van der Waals surface area contributed by atoms with Crippen LogP contribution in [0.2, 0.25) is 0 Å². The van der Waals surface area contributed by atoms with Gasteiger partial charge >= 0.3 is 0 Å². The van der Waals surface area contributed by atoms with Crippen LogP contribution in [0.25, 0.3) is 0 Å². The lowest BCUT2D eigenvalue weighted by molar-refractivity contribution is 0.443. The van der Waals surface area contributed by atoms with Gasteiger partial charge in [0.15, 0.2) is 0 Å². The molecule has 18 heavy (non-hydrogen) atoms. The minimum Gasteiger partial charge on any atom is -0.397 e. The summed E-state index contributed by atoms with van der Waals surface area (Å²) in [4.78, 5) is 0.204. The molecule has 6 heteroatoms. The third-order valence-corrected chi connectivity index (χ3v) is 3.82. The van der Waals surface area contributed by atoms with E-state index in [-0.39, 0.29) is 10.3 Å². The Morgan fingerprint density at radius 3 is 2.39 bits per heavy atom. The van der Waals surface area contributed by atoms with Gasteiger partial charge in [-0.05, 0) is 30.7 Å². The van der Waals surface area contributed by atoms with Gasteiger partial charge in [-0.2, -0.15) is 0 Å². The molecule has 0 saturated heterocycles. The molecule has 0 atom stereocenters. The normalized spacial score (nSPS) is 12.4. The Balaban J connectivity index is 3.03. The van der Waals surface area contributed by atoms with Crippen molar-refractivity contribution in [1.82, 2.24) is 4.72 Å². The van der Waals surface area contributed by atoms with Crippen molar-refractivity contribution in [2.75, 3.05) is 24.6 Å². The van der Waals surface area contributed by atoms with Crippen molar-refractivity contribution >= 4 is 21.4 Å². The molecule has 0 fully saturated rings. The lowest BCUT2D eigenvalue weighted by atomic mass is 9.97. The largest absolute Gasteiger partial charge is 0.397 e. The van der Waals surface area contributed by atoms with Crippen molar-refractivity contribution in [3.8, 4) is 0 Å². The Morgan fingerprint density at radius 2 is 1.89 bits per heavy atom.